The highest BCUT2D eigenvalue weighted by molar-refractivity contribution is 5.93. The van der Waals surface area contributed by atoms with E-state index in [-0.39, 0.29) is 11.4 Å². The summed E-state index contributed by atoms with van der Waals surface area (Å²) in [6.45, 7) is 0.480. The van der Waals surface area contributed by atoms with E-state index in [0.29, 0.717) is 34.7 Å². The van der Waals surface area contributed by atoms with Gasteiger partial charge in [0.1, 0.15) is 11.5 Å². The van der Waals surface area contributed by atoms with Crippen LogP contribution in [0.3, 0.4) is 0 Å². The maximum absolute atomic E-state index is 13.4. The number of fused-ring (bicyclic) bond motifs is 1. The first-order valence-electron chi connectivity index (χ1n) is 8.93. The Balaban J connectivity index is 1.86. The number of benzene rings is 2. The zero-order chi connectivity index (χ0) is 20.4. The second-order valence-corrected chi connectivity index (χ2v) is 6.59. The van der Waals surface area contributed by atoms with Crippen LogP contribution < -0.4 is 4.90 Å². The number of pyridine rings is 1. The molecule has 0 unspecified atom stereocenters. The predicted octanol–water partition coefficient (Wildman–Crippen LogP) is 4.17. The van der Waals surface area contributed by atoms with Gasteiger partial charge in [0.2, 0.25) is 0 Å². The Morgan fingerprint density at radius 3 is 2.52 bits per heavy atom. The lowest BCUT2D eigenvalue weighted by Crippen LogP contribution is -2.20. The van der Waals surface area contributed by atoms with E-state index >= 15 is 0 Å². The number of carboxylic acids is 1. The molecular weight excluding hydrogens is 371 g/mol. The number of hydrogen-bond donors (Lipinski definition) is 1. The molecule has 4 aromatic rings. The monoisotopic (exact) mass is 388 g/mol. The summed E-state index contributed by atoms with van der Waals surface area (Å²) in [6, 6.07) is 16.3. The summed E-state index contributed by atoms with van der Waals surface area (Å²) < 4.78 is 13.4. The molecule has 0 atom stereocenters. The minimum absolute atomic E-state index is 0.139. The summed E-state index contributed by atoms with van der Waals surface area (Å²) >= 11 is 0. The first kappa shape index (κ1) is 18.5. The van der Waals surface area contributed by atoms with Gasteiger partial charge in [-0.3, -0.25) is 4.98 Å². The van der Waals surface area contributed by atoms with Crippen LogP contribution in [0.1, 0.15) is 16.1 Å². The highest BCUT2D eigenvalue weighted by Gasteiger charge is 2.17. The molecule has 0 radical (unpaired) electrons. The van der Waals surface area contributed by atoms with Crippen LogP contribution in [0.15, 0.2) is 66.9 Å². The Hall–Kier alpha value is -3.87. The Bertz CT molecular complexity index is 1180. The predicted molar refractivity (Wildman–Crippen MR) is 108 cm³/mol. The van der Waals surface area contributed by atoms with Gasteiger partial charge in [-0.25, -0.2) is 19.2 Å². The van der Waals surface area contributed by atoms with Crippen molar-refractivity contribution in [2.24, 2.45) is 0 Å². The smallest absolute Gasteiger partial charge is 0.335 e. The van der Waals surface area contributed by atoms with E-state index in [9.17, 15) is 14.3 Å². The Labute approximate surface area is 166 Å². The molecule has 0 spiro atoms. The average molecular weight is 388 g/mol. The molecule has 2 aromatic heterocycles. The van der Waals surface area contributed by atoms with E-state index < -0.39 is 5.97 Å². The van der Waals surface area contributed by atoms with Crippen LogP contribution >= 0.6 is 0 Å². The molecule has 0 aliphatic rings. The molecule has 29 heavy (non-hydrogen) atoms. The van der Waals surface area contributed by atoms with Gasteiger partial charge in [0.25, 0.3) is 0 Å². The highest BCUT2D eigenvalue weighted by Crippen LogP contribution is 2.30. The van der Waals surface area contributed by atoms with Crippen molar-refractivity contribution in [1.29, 1.82) is 0 Å². The summed E-state index contributed by atoms with van der Waals surface area (Å²) in [5.74, 6) is -0.811. The standard InChI is InChI=1S/C22H17FN4O2/c1-27(13-17-4-2-3-11-24-17)21-20(14-5-8-16(23)9-6-14)25-18-10-7-15(22(28)29)12-19(18)26-21/h2-12H,13H2,1H3,(H,28,29). The molecule has 0 bridgehead atoms. The van der Waals surface area contributed by atoms with Crippen LogP contribution in [-0.2, 0) is 6.54 Å². The zero-order valence-electron chi connectivity index (χ0n) is 15.6. The van der Waals surface area contributed by atoms with Crippen molar-refractivity contribution in [1.82, 2.24) is 15.0 Å². The fourth-order valence-corrected chi connectivity index (χ4v) is 3.06. The molecule has 0 fully saturated rings. The Kier molecular flexibility index (Phi) is 4.87. The Morgan fingerprint density at radius 2 is 1.83 bits per heavy atom. The first-order chi connectivity index (χ1) is 14.0. The number of rotatable bonds is 5. The molecule has 0 amide bonds. The molecule has 0 aliphatic heterocycles. The van der Waals surface area contributed by atoms with Crippen molar-refractivity contribution in [2.45, 2.75) is 6.54 Å². The van der Waals surface area contributed by atoms with Gasteiger partial charge >= 0.3 is 5.97 Å². The topological polar surface area (TPSA) is 79.2 Å². The van der Waals surface area contributed by atoms with Crippen LogP contribution in [0.4, 0.5) is 10.2 Å². The molecule has 7 heteroatoms. The van der Waals surface area contributed by atoms with Crippen LogP contribution in [0, 0.1) is 5.82 Å². The van der Waals surface area contributed by atoms with Gasteiger partial charge in [0, 0.05) is 18.8 Å². The Morgan fingerprint density at radius 1 is 1.03 bits per heavy atom. The number of aromatic nitrogens is 3. The van der Waals surface area contributed by atoms with Gasteiger partial charge < -0.3 is 10.0 Å². The molecule has 2 heterocycles. The summed E-state index contributed by atoms with van der Waals surface area (Å²) in [7, 11) is 1.86. The molecule has 4 rings (SSSR count). The maximum atomic E-state index is 13.4. The van der Waals surface area contributed by atoms with Gasteiger partial charge in [0.15, 0.2) is 5.82 Å². The van der Waals surface area contributed by atoms with E-state index in [1.54, 1.807) is 24.4 Å². The van der Waals surface area contributed by atoms with Gasteiger partial charge in [0.05, 0.1) is 28.8 Å². The van der Waals surface area contributed by atoms with Crippen molar-refractivity contribution in [3.8, 4) is 11.3 Å². The zero-order valence-corrected chi connectivity index (χ0v) is 15.6. The maximum Gasteiger partial charge on any atom is 0.335 e. The molecule has 0 saturated heterocycles. The summed E-state index contributed by atoms with van der Waals surface area (Å²) in [4.78, 5) is 26.9. The number of carbonyl (C=O) groups is 1. The molecule has 1 N–H and O–H groups in total. The van der Waals surface area contributed by atoms with E-state index in [4.69, 9.17) is 9.97 Å². The van der Waals surface area contributed by atoms with Gasteiger partial charge in [-0.1, -0.05) is 6.07 Å². The minimum Gasteiger partial charge on any atom is -0.478 e. The largest absolute Gasteiger partial charge is 0.478 e. The fourth-order valence-electron chi connectivity index (χ4n) is 3.06. The van der Waals surface area contributed by atoms with E-state index in [1.807, 2.05) is 30.1 Å². The molecular formula is C22H17FN4O2. The van der Waals surface area contributed by atoms with Gasteiger partial charge in [-0.15, -0.1) is 0 Å². The fraction of sp³-hybridized carbons (Fsp3) is 0.0909. The number of halogens is 1. The highest BCUT2D eigenvalue weighted by atomic mass is 19.1. The number of carboxylic acid groups (broad SMARTS) is 1. The number of aromatic carboxylic acids is 1. The molecule has 144 valence electrons. The van der Waals surface area contributed by atoms with Crippen LogP contribution in [0.5, 0.6) is 0 Å². The number of anilines is 1. The van der Waals surface area contributed by atoms with Crippen molar-refractivity contribution in [3.05, 3.63) is 83.9 Å². The third-order valence-corrected chi connectivity index (χ3v) is 4.50. The SMILES string of the molecule is CN(Cc1ccccn1)c1nc2cc(C(=O)O)ccc2nc1-c1ccc(F)cc1. The second-order valence-electron chi connectivity index (χ2n) is 6.59. The second kappa shape index (κ2) is 7.63. The average Bonchev–Trinajstić information content (AvgIpc) is 2.73. The normalized spacial score (nSPS) is 10.8. The lowest BCUT2D eigenvalue weighted by atomic mass is 10.1. The lowest BCUT2D eigenvalue weighted by molar-refractivity contribution is 0.0697. The van der Waals surface area contributed by atoms with Crippen LogP contribution in [0.25, 0.3) is 22.3 Å². The third kappa shape index (κ3) is 3.89. The quantitative estimate of drug-likeness (QED) is 0.553. The molecule has 0 saturated carbocycles. The van der Waals surface area contributed by atoms with Gasteiger partial charge in [-0.05, 0) is 54.6 Å². The van der Waals surface area contributed by atoms with E-state index in [1.165, 1.54) is 24.3 Å². The molecule has 2 aromatic carbocycles. The van der Waals surface area contributed by atoms with E-state index in [2.05, 4.69) is 4.98 Å². The van der Waals surface area contributed by atoms with Crippen molar-refractivity contribution < 1.29 is 14.3 Å². The summed E-state index contributed by atoms with van der Waals surface area (Å²) in [6.07, 6.45) is 1.72. The first-order valence-corrected chi connectivity index (χ1v) is 8.93. The number of hydrogen-bond acceptors (Lipinski definition) is 5. The molecule has 6 nitrogen and oxygen atoms in total. The summed E-state index contributed by atoms with van der Waals surface area (Å²) in [5.41, 5.74) is 3.31. The van der Waals surface area contributed by atoms with Crippen molar-refractivity contribution in [3.63, 3.8) is 0 Å². The van der Waals surface area contributed by atoms with Crippen LogP contribution in [0.2, 0.25) is 0 Å². The number of nitrogens with zero attached hydrogens (tertiary/aromatic N) is 4. The third-order valence-electron chi connectivity index (χ3n) is 4.50. The molecule has 0 aliphatic carbocycles. The minimum atomic E-state index is -1.03. The van der Waals surface area contributed by atoms with Crippen molar-refractivity contribution >= 4 is 22.8 Å². The van der Waals surface area contributed by atoms with Crippen molar-refractivity contribution in [2.75, 3.05) is 11.9 Å². The van der Waals surface area contributed by atoms with Gasteiger partial charge in [-0.2, -0.15) is 0 Å². The summed E-state index contributed by atoms with van der Waals surface area (Å²) in [5, 5.41) is 9.27. The lowest BCUT2D eigenvalue weighted by Gasteiger charge is -2.21. The van der Waals surface area contributed by atoms with Crippen LogP contribution in [-0.4, -0.2) is 33.1 Å². The van der Waals surface area contributed by atoms with E-state index in [0.717, 1.165) is 5.69 Å².